The van der Waals surface area contributed by atoms with Crippen molar-refractivity contribution in [3.63, 3.8) is 0 Å². The molecule has 0 radical (unpaired) electrons. The second-order valence-electron chi connectivity index (χ2n) is 6.50. The first-order valence-electron chi connectivity index (χ1n) is 8.39. The smallest absolute Gasteiger partial charge is 0.345 e. The summed E-state index contributed by atoms with van der Waals surface area (Å²) >= 11 is 0. The molecule has 1 atom stereocenters. The number of rotatable bonds is 5. The Morgan fingerprint density at radius 1 is 1.00 bits per heavy atom. The summed E-state index contributed by atoms with van der Waals surface area (Å²) in [4.78, 5) is 11.8. The minimum absolute atomic E-state index is 0.344. The molecule has 128 valence electrons. The molecule has 0 aliphatic heterocycles. The van der Waals surface area contributed by atoms with Gasteiger partial charge in [0, 0.05) is 11.8 Å². The van der Waals surface area contributed by atoms with Crippen molar-refractivity contribution >= 4 is 16.7 Å². The minimum Gasteiger partial charge on any atom is -0.478 e. The van der Waals surface area contributed by atoms with Crippen molar-refractivity contribution in [1.29, 1.82) is 0 Å². The summed E-state index contributed by atoms with van der Waals surface area (Å²) in [5.74, 6) is -0.347. The first-order valence-corrected chi connectivity index (χ1v) is 8.39. The molecule has 0 saturated heterocycles. The van der Waals surface area contributed by atoms with Gasteiger partial charge in [0.2, 0.25) is 0 Å². The van der Waals surface area contributed by atoms with E-state index in [1.54, 1.807) is 0 Å². The van der Waals surface area contributed by atoms with Crippen LogP contribution in [-0.2, 0) is 11.2 Å². The Hall–Kier alpha value is -2.81. The number of benzene rings is 3. The normalized spacial score (nSPS) is 12.1. The third-order valence-electron chi connectivity index (χ3n) is 4.52. The maximum Gasteiger partial charge on any atom is 0.345 e. The van der Waals surface area contributed by atoms with Crippen molar-refractivity contribution in [2.75, 3.05) is 0 Å². The van der Waals surface area contributed by atoms with Crippen LogP contribution in [0.4, 0.5) is 0 Å². The third kappa shape index (κ3) is 3.66. The van der Waals surface area contributed by atoms with E-state index >= 15 is 0 Å². The lowest BCUT2D eigenvalue weighted by Crippen LogP contribution is -2.30. The zero-order chi connectivity index (χ0) is 18.0. The quantitative estimate of drug-likeness (QED) is 0.726. The number of carboxylic acid groups (broad SMARTS) is 1. The van der Waals surface area contributed by atoms with Gasteiger partial charge in [0.15, 0.2) is 6.10 Å². The van der Waals surface area contributed by atoms with E-state index in [1.807, 2.05) is 63.2 Å². The van der Waals surface area contributed by atoms with Gasteiger partial charge >= 0.3 is 5.97 Å². The van der Waals surface area contributed by atoms with Crippen LogP contribution < -0.4 is 4.74 Å². The van der Waals surface area contributed by atoms with Crippen LogP contribution in [0.3, 0.4) is 0 Å². The number of fused-ring (bicyclic) bond motifs is 1. The van der Waals surface area contributed by atoms with Crippen molar-refractivity contribution in [3.8, 4) is 5.75 Å². The fraction of sp³-hybridized carbons (Fsp3) is 0.227. The number of ether oxygens (including phenoxy) is 1. The summed E-state index contributed by atoms with van der Waals surface area (Å²) in [6.45, 7) is 6.09. The van der Waals surface area contributed by atoms with E-state index in [4.69, 9.17) is 4.74 Å². The number of aliphatic carboxylic acids is 1. The van der Waals surface area contributed by atoms with Gasteiger partial charge in [-0.25, -0.2) is 4.79 Å². The second kappa shape index (κ2) is 6.98. The summed E-state index contributed by atoms with van der Waals surface area (Å²) in [7, 11) is 0. The lowest BCUT2D eigenvalue weighted by atomic mass is 9.95. The Kier molecular flexibility index (Phi) is 4.75. The fourth-order valence-corrected chi connectivity index (χ4v) is 3.35. The summed E-state index contributed by atoms with van der Waals surface area (Å²) in [6, 6.07) is 17.7. The molecule has 0 aliphatic rings. The Bertz CT molecular complexity index is 899. The zero-order valence-corrected chi connectivity index (χ0v) is 14.7. The molecule has 0 aromatic heterocycles. The Morgan fingerprint density at radius 3 is 2.32 bits per heavy atom. The van der Waals surface area contributed by atoms with E-state index in [1.165, 1.54) is 5.56 Å². The SMILES string of the molecule is Cc1cc(C)c(C[C@@H](Oc2cccc3ccccc23)C(=O)O)c(C)c1. The topological polar surface area (TPSA) is 46.5 Å². The van der Waals surface area contributed by atoms with E-state index in [0.29, 0.717) is 12.2 Å². The summed E-state index contributed by atoms with van der Waals surface area (Å²) in [5.41, 5.74) is 4.43. The molecule has 3 heteroatoms. The van der Waals surface area contributed by atoms with Crippen LogP contribution in [-0.4, -0.2) is 17.2 Å². The molecule has 0 bridgehead atoms. The van der Waals surface area contributed by atoms with Crippen LogP contribution in [0.1, 0.15) is 22.3 Å². The molecular weight excluding hydrogens is 312 g/mol. The highest BCUT2D eigenvalue weighted by Crippen LogP contribution is 2.27. The van der Waals surface area contributed by atoms with Gasteiger partial charge in [-0.2, -0.15) is 0 Å². The van der Waals surface area contributed by atoms with E-state index in [2.05, 4.69) is 12.1 Å². The van der Waals surface area contributed by atoms with Crippen molar-refractivity contribution in [2.24, 2.45) is 0 Å². The number of hydrogen-bond donors (Lipinski definition) is 1. The second-order valence-corrected chi connectivity index (χ2v) is 6.50. The van der Waals surface area contributed by atoms with Crippen molar-refractivity contribution in [3.05, 3.63) is 76.9 Å². The molecule has 3 aromatic carbocycles. The molecule has 3 nitrogen and oxygen atoms in total. The fourth-order valence-electron chi connectivity index (χ4n) is 3.35. The molecule has 25 heavy (non-hydrogen) atoms. The number of hydrogen-bond acceptors (Lipinski definition) is 2. The lowest BCUT2D eigenvalue weighted by molar-refractivity contribution is -0.144. The van der Waals surface area contributed by atoms with Gasteiger partial charge in [-0.3, -0.25) is 0 Å². The van der Waals surface area contributed by atoms with Crippen molar-refractivity contribution in [1.82, 2.24) is 0 Å². The molecule has 0 saturated carbocycles. The maximum absolute atomic E-state index is 11.8. The van der Waals surface area contributed by atoms with Gasteiger partial charge in [0.25, 0.3) is 0 Å². The number of carboxylic acids is 1. The molecule has 0 heterocycles. The minimum atomic E-state index is -0.952. The molecule has 0 spiro atoms. The lowest BCUT2D eigenvalue weighted by Gasteiger charge is -2.19. The Labute approximate surface area is 147 Å². The molecule has 0 aliphatic carbocycles. The van der Waals surface area contributed by atoms with Crippen LogP contribution in [0.15, 0.2) is 54.6 Å². The molecule has 3 aromatic rings. The first-order chi connectivity index (χ1) is 12.0. The number of aryl methyl sites for hydroxylation is 3. The Morgan fingerprint density at radius 2 is 1.64 bits per heavy atom. The molecule has 0 fully saturated rings. The van der Waals surface area contributed by atoms with E-state index < -0.39 is 12.1 Å². The average molecular weight is 334 g/mol. The van der Waals surface area contributed by atoms with Crippen LogP contribution in [0.25, 0.3) is 10.8 Å². The molecule has 3 rings (SSSR count). The Balaban J connectivity index is 1.94. The maximum atomic E-state index is 11.8. The van der Waals surface area contributed by atoms with Crippen LogP contribution >= 0.6 is 0 Å². The average Bonchev–Trinajstić information content (AvgIpc) is 2.56. The molecular formula is C22H22O3. The molecule has 0 unspecified atom stereocenters. The van der Waals surface area contributed by atoms with E-state index in [-0.39, 0.29) is 0 Å². The monoisotopic (exact) mass is 334 g/mol. The van der Waals surface area contributed by atoms with Crippen LogP contribution in [0.5, 0.6) is 5.75 Å². The van der Waals surface area contributed by atoms with E-state index in [0.717, 1.165) is 27.5 Å². The van der Waals surface area contributed by atoms with E-state index in [9.17, 15) is 9.90 Å². The summed E-state index contributed by atoms with van der Waals surface area (Å²) < 4.78 is 5.93. The number of carbonyl (C=O) groups is 1. The predicted octanol–water partition coefficient (Wildman–Crippen LogP) is 4.84. The van der Waals surface area contributed by atoms with Crippen LogP contribution in [0, 0.1) is 20.8 Å². The van der Waals surface area contributed by atoms with Gasteiger partial charge < -0.3 is 9.84 Å². The largest absolute Gasteiger partial charge is 0.478 e. The summed E-state index contributed by atoms with van der Waals surface area (Å²) in [6.07, 6.45) is -0.581. The van der Waals surface area contributed by atoms with Gasteiger partial charge in [-0.1, -0.05) is 54.1 Å². The highest BCUT2D eigenvalue weighted by molar-refractivity contribution is 5.88. The molecule has 0 amide bonds. The third-order valence-corrected chi connectivity index (χ3v) is 4.52. The van der Waals surface area contributed by atoms with Crippen LogP contribution in [0.2, 0.25) is 0 Å². The first kappa shape index (κ1) is 17.0. The summed E-state index contributed by atoms with van der Waals surface area (Å²) in [5, 5.41) is 11.6. The highest BCUT2D eigenvalue weighted by Gasteiger charge is 2.22. The zero-order valence-electron chi connectivity index (χ0n) is 14.7. The van der Waals surface area contributed by atoms with Crippen molar-refractivity contribution in [2.45, 2.75) is 33.3 Å². The highest BCUT2D eigenvalue weighted by atomic mass is 16.5. The predicted molar refractivity (Wildman–Crippen MR) is 100 cm³/mol. The van der Waals surface area contributed by atoms with Crippen molar-refractivity contribution < 1.29 is 14.6 Å². The standard InChI is InChI=1S/C22H22O3/c1-14-11-15(2)19(16(3)12-14)13-21(22(23)24)25-20-10-6-8-17-7-4-5-9-18(17)20/h4-12,21H,13H2,1-3H3,(H,23,24)/t21-/m1/s1. The van der Waals surface area contributed by atoms with Gasteiger partial charge in [0.05, 0.1) is 0 Å². The van der Waals surface area contributed by atoms with Gasteiger partial charge in [-0.05, 0) is 48.9 Å². The molecule has 1 N–H and O–H groups in total. The van der Waals surface area contributed by atoms with Gasteiger partial charge in [-0.15, -0.1) is 0 Å². The van der Waals surface area contributed by atoms with Gasteiger partial charge in [0.1, 0.15) is 5.75 Å².